The second kappa shape index (κ2) is 8.42. The second-order valence-corrected chi connectivity index (χ2v) is 5.57. The quantitative estimate of drug-likeness (QED) is 0.503. The molecule has 0 fully saturated rings. The first-order valence-corrected chi connectivity index (χ1v) is 7.69. The minimum Gasteiger partial charge on any atom is -0.322 e. The van der Waals surface area contributed by atoms with Crippen LogP contribution < -0.4 is 5.32 Å². The highest BCUT2D eigenvalue weighted by Gasteiger charge is 2.16. The molecule has 0 saturated carbocycles. The van der Waals surface area contributed by atoms with Crippen LogP contribution in [0.2, 0.25) is 5.02 Å². The molecule has 0 aliphatic rings. The molecule has 1 amide bonds. The fourth-order valence-corrected chi connectivity index (χ4v) is 2.46. The van der Waals surface area contributed by atoms with Crippen LogP contribution in [0.1, 0.15) is 10.4 Å². The van der Waals surface area contributed by atoms with E-state index >= 15 is 0 Å². The summed E-state index contributed by atoms with van der Waals surface area (Å²) in [7, 11) is 0. The van der Waals surface area contributed by atoms with Gasteiger partial charge in [0.1, 0.15) is 0 Å². The van der Waals surface area contributed by atoms with Gasteiger partial charge in [0.05, 0.1) is 21.2 Å². The van der Waals surface area contributed by atoms with Gasteiger partial charge in [-0.3, -0.25) is 19.9 Å². The van der Waals surface area contributed by atoms with Crippen LogP contribution in [0, 0.1) is 10.1 Å². The molecule has 2 aromatic carbocycles. The molecule has 3 rings (SSSR count). The lowest BCUT2D eigenvalue weighted by Crippen LogP contribution is -2.12. The normalized spacial score (nSPS) is 9.88. The fourth-order valence-electron chi connectivity index (χ4n) is 2.26. The van der Waals surface area contributed by atoms with Crippen molar-refractivity contribution in [1.29, 1.82) is 0 Å². The van der Waals surface area contributed by atoms with Gasteiger partial charge in [-0.05, 0) is 30.3 Å². The van der Waals surface area contributed by atoms with Crippen LogP contribution in [-0.4, -0.2) is 15.8 Å². The maximum Gasteiger partial charge on any atom is 0.270 e. The Morgan fingerprint density at radius 2 is 1.81 bits per heavy atom. The average Bonchev–Trinajstić information content (AvgIpc) is 2.63. The topological polar surface area (TPSA) is 85.1 Å². The molecule has 132 valence electrons. The third-order valence-corrected chi connectivity index (χ3v) is 3.84. The van der Waals surface area contributed by atoms with Crippen LogP contribution in [0.5, 0.6) is 0 Å². The maximum absolute atomic E-state index is 12.3. The third kappa shape index (κ3) is 4.36. The highest BCUT2D eigenvalue weighted by Crippen LogP contribution is 2.24. The predicted octanol–water partition coefficient (Wildman–Crippen LogP) is 4.98. The molecule has 1 heterocycles. The largest absolute Gasteiger partial charge is 0.322 e. The highest BCUT2D eigenvalue weighted by atomic mass is 35.5. The lowest BCUT2D eigenvalue weighted by atomic mass is 10.1. The molecular weight excluding hydrogens is 377 g/mol. The van der Waals surface area contributed by atoms with E-state index in [1.807, 2.05) is 30.3 Å². The van der Waals surface area contributed by atoms with Crippen molar-refractivity contribution >= 4 is 41.3 Å². The number of nitrogens with zero attached hydrogens (tertiary/aromatic N) is 2. The number of halogens is 2. The van der Waals surface area contributed by atoms with Crippen LogP contribution in [0.25, 0.3) is 11.3 Å². The van der Waals surface area contributed by atoms with Crippen molar-refractivity contribution in [3.8, 4) is 11.3 Å². The van der Waals surface area contributed by atoms with Crippen molar-refractivity contribution < 1.29 is 9.72 Å². The molecule has 1 N–H and O–H groups in total. The molecule has 26 heavy (non-hydrogen) atoms. The Morgan fingerprint density at radius 1 is 1.08 bits per heavy atom. The molecule has 6 nitrogen and oxygen atoms in total. The monoisotopic (exact) mass is 389 g/mol. The molecule has 0 aliphatic heterocycles. The van der Waals surface area contributed by atoms with Gasteiger partial charge in [0.15, 0.2) is 0 Å². The van der Waals surface area contributed by atoms with Gasteiger partial charge >= 0.3 is 0 Å². The number of anilines is 1. The van der Waals surface area contributed by atoms with Crippen molar-refractivity contribution in [2.45, 2.75) is 0 Å². The zero-order valence-electron chi connectivity index (χ0n) is 13.3. The van der Waals surface area contributed by atoms with E-state index in [1.54, 1.807) is 18.3 Å². The minimum atomic E-state index is -0.575. The molecule has 1 aromatic heterocycles. The Morgan fingerprint density at radius 3 is 2.42 bits per heavy atom. The van der Waals surface area contributed by atoms with Gasteiger partial charge in [-0.2, -0.15) is 0 Å². The number of amides is 1. The first kappa shape index (κ1) is 19.4. The molecule has 0 atom stereocenters. The van der Waals surface area contributed by atoms with E-state index in [4.69, 9.17) is 11.6 Å². The Balaban J connectivity index is 0.00000243. The van der Waals surface area contributed by atoms with Crippen molar-refractivity contribution in [3.63, 3.8) is 0 Å². The number of aromatic nitrogens is 1. The van der Waals surface area contributed by atoms with E-state index in [0.717, 1.165) is 17.3 Å². The molecule has 0 saturated heterocycles. The van der Waals surface area contributed by atoms with E-state index in [9.17, 15) is 14.9 Å². The number of hydrogen-bond donors (Lipinski definition) is 1. The lowest BCUT2D eigenvalue weighted by Gasteiger charge is -2.08. The highest BCUT2D eigenvalue weighted by molar-refractivity contribution is 6.34. The van der Waals surface area contributed by atoms with Crippen LogP contribution in [0.4, 0.5) is 11.4 Å². The van der Waals surface area contributed by atoms with Gasteiger partial charge in [-0.1, -0.05) is 29.8 Å². The second-order valence-electron chi connectivity index (χ2n) is 5.17. The molecule has 0 bridgehead atoms. The number of nitro groups is 1. The zero-order valence-corrected chi connectivity index (χ0v) is 14.8. The van der Waals surface area contributed by atoms with Gasteiger partial charge < -0.3 is 5.32 Å². The van der Waals surface area contributed by atoms with Crippen molar-refractivity contribution in [2.24, 2.45) is 0 Å². The maximum atomic E-state index is 12.3. The lowest BCUT2D eigenvalue weighted by molar-refractivity contribution is -0.384. The number of rotatable bonds is 4. The number of carbonyl (C=O) groups excluding carboxylic acids is 1. The van der Waals surface area contributed by atoms with E-state index in [1.165, 1.54) is 12.1 Å². The number of nitro benzene ring substituents is 1. The van der Waals surface area contributed by atoms with Gasteiger partial charge in [0, 0.05) is 29.6 Å². The summed E-state index contributed by atoms with van der Waals surface area (Å²) >= 11 is 5.98. The van der Waals surface area contributed by atoms with Crippen LogP contribution in [-0.2, 0) is 0 Å². The standard InChI is InChI=1S/C18H12ClN3O3.ClH/c19-16-9-8-14(22(24)25)11-15(16)18(23)21-13-6-4-12(5-7-13)17-3-1-2-10-20-17;/h1-11H,(H,21,23);1H. The molecule has 0 spiro atoms. The molecule has 8 heteroatoms. The van der Waals surface area contributed by atoms with E-state index in [-0.39, 0.29) is 28.7 Å². The summed E-state index contributed by atoms with van der Waals surface area (Å²) in [6, 6.07) is 16.5. The summed E-state index contributed by atoms with van der Waals surface area (Å²) in [5.74, 6) is -0.515. The summed E-state index contributed by atoms with van der Waals surface area (Å²) in [6.07, 6.45) is 1.70. The Hall–Kier alpha value is -2.96. The van der Waals surface area contributed by atoms with E-state index in [0.29, 0.717) is 5.69 Å². The number of nitrogens with one attached hydrogen (secondary N) is 1. The van der Waals surface area contributed by atoms with Crippen LogP contribution in [0.15, 0.2) is 66.9 Å². The number of pyridine rings is 1. The van der Waals surface area contributed by atoms with Gasteiger partial charge in [0.2, 0.25) is 0 Å². The van der Waals surface area contributed by atoms with Crippen LogP contribution in [0.3, 0.4) is 0 Å². The first-order chi connectivity index (χ1) is 12.0. The SMILES string of the molecule is Cl.O=C(Nc1ccc(-c2ccccn2)cc1)c1cc([N+](=O)[O-])ccc1Cl. The van der Waals surface area contributed by atoms with E-state index in [2.05, 4.69) is 10.3 Å². The number of carbonyl (C=O) groups is 1. The van der Waals surface area contributed by atoms with Crippen LogP contribution >= 0.6 is 24.0 Å². The number of hydrogen-bond acceptors (Lipinski definition) is 4. The summed E-state index contributed by atoms with van der Waals surface area (Å²) in [5.41, 5.74) is 2.13. The van der Waals surface area contributed by atoms with Crippen molar-refractivity contribution in [2.75, 3.05) is 5.32 Å². The average molecular weight is 390 g/mol. The number of benzene rings is 2. The van der Waals surface area contributed by atoms with Gasteiger partial charge in [-0.15, -0.1) is 12.4 Å². The van der Waals surface area contributed by atoms with E-state index < -0.39 is 10.8 Å². The first-order valence-electron chi connectivity index (χ1n) is 7.31. The summed E-state index contributed by atoms with van der Waals surface area (Å²) < 4.78 is 0. The Bertz CT molecular complexity index is 932. The van der Waals surface area contributed by atoms with Gasteiger partial charge in [-0.25, -0.2) is 0 Å². The third-order valence-electron chi connectivity index (χ3n) is 3.51. The Kier molecular flexibility index (Phi) is 6.27. The molecule has 0 radical (unpaired) electrons. The molecule has 0 unspecified atom stereocenters. The zero-order chi connectivity index (χ0) is 17.8. The predicted molar refractivity (Wildman–Crippen MR) is 103 cm³/mol. The molecule has 0 aliphatic carbocycles. The number of non-ortho nitro benzene ring substituents is 1. The summed E-state index contributed by atoms with van der Waals surface area (Å²) in [4.78, 5) is 26.9. The molecular formula is C18H13Cl2N3O3. The smallest absolute Gasteiger partial charge is 0.270 e. The van der Waals surface area contributed by atoms with Crippen molar-refractivity contribution in [3.05, 3.63) is 87.6 Å². The summed E-state index contributed by atoms with van der Waals surface area (Å²) in [6.45, 7) is 0. The Labute approximate surface area is 160 Å². The van der Waals surface area contributed by atoms with Crippen molar-refractivity contribution in [1.82, 2.24) is 4.98 Å². The minimum absolute atomic E-state index is 0. The fraction of sp³-hybridized carbons (Fsp3) is 0. The van der Waals surface area contributed by atoms with Gasteiger partial charge in [0.25, 0.3) is 11.6 Å². The summed E-state index contributed by atoms with van der Waals surface area (Å²) in [5, 5.41) is 13.7. The molecule has 3 aromatic rings.